The Bertz CT molecular complexity index is 747. The average Bonchev–Trinajstić information content (AvgIpc) is 2.50. The molecule has 0 aliphatic rings. The molecule has 0 aliphatic heterocycles. The van der Waals surface area contributed by atoms with E-state index in [1.165, 1.54) is 0 Å². The first kappa shape index (κ1) is 19.5. The third-order valence-electron chi connectivity index (χ3n) is 3.20. The van der Waals surface area contributed by atoms with Gasteiger partial charge in [0, 0.05) is 10.7 Å². The summed E-state index contributed by atoms with van der Waals surface area (Å²) in [5.74, 6) is -0.550. The van der Waals surface area contributed by atoms with Crippen LogP contribution < -0.4 is 10.0 Å². The van der Waals surface area contributed by atoms with E-state index in [1.807, 2.05) is 32.0 Å². The van der Waals surface area contributed by atoms with Gasteiger partial charge in [0.2, 0.25) is 0 Å². The molecule has 8 heteroatoms. The Labute approximate surface area is 165 Å². The third-order valence-corrected chi connectivity index (χ3v) is 5.32. The quantitative estimate of drug-likeness (QED) is 0.429. The summed E-state index contributed by atoms with van der Waals surface area (Å²) < 4.78 is 1.13. The van der Waals surface area contributed by atoms with Crippen LogP contribution >= 0.6 is 58.4 Å². The molecule has 0 aromatic heterocycles. The number of hydrogen-bond donors (Lipinski definition) is 2. The van der Waals surface area contributed by atoms with Crippen LogP contribution in [0.4, 0.5) is 11.4 Å². The standard InChI is InChI=1S/C16H14Cl4N2OS/c1-9-4-3-5-10(2)14(9)21-15(23)16(19,20)24-22-13-7-6-11(17)8-12(13)18/h3-8,22H,1-2H3,(H,21,23). The van der Waals surface area contributed by atoms with Crippen molar-refractivity contribution in [3.63, 3.8) is 0 Å². The Morgan fingerprint density at radius 1 is 1.08 bits per heavy atom. The number of nitrogens with one attached hydrogen (secondary N) is 2. The first-order valence-corrected chi connectivity index (χ1v) is 9.18. The second-order valence-corrected chi connectivity index (χ2v) is 8.71. The van der Waals surface area contributed by atoms with Crippen LogP contribution in [0.15, 0.2) is 36.4 Å². The van der Waals surface area contributed by atoms with E-state index in [4.69, 9.17) is 46.4 Å². The van der Waals surface area contributed by atoms with Gasteiger partial charge in [0.05, 0.1) is 10.7 Å². The molecule has 0 heterocycles. The van der Waals surface area contributed by atoms with E-state index in [2.05, 4.69) is 10.0 Å². The number of carbonyl (C=O) groups excluding carboxylic acids is 1. The molecule has 0 aliphatic carbocycles. The zero-order valence-corrected chi connectivity index (χ0v) is 16.6. The first-order chi connectivity index (χ1) is 11.2. The minimum absolute atomic E-state index is 0.397. The minimum Gasteiger partial charge on any atom is -0.326 e. The van der Waals surface area contributed by atoms with Crippen LogP contribution in [-0.2, 0) is 4.79 Å². The summed E-state index contributed by atoms with van der Waals surface area (Å²) in [6.07, 6.45) is 0. The van der Waals surface area contributed by atoms with Gasteiger partial charge in [-0.2, -0.15) is 0 Å². The Balaban J connectivity index is 2.07. The van der Waals surface area contributed by atoms with Crippen molar-refractivity contribution >= 4 is 75.6 Å². The monoisotopic (exact) mass is 422 g/mol. The van der Waals surface area contributed by atoms with Gasteiger partial charge < -0.3 is 10.0 Å². The van der Waals surface area contributed by atoms with Crippen molar-refractivity contribution in [1.29, 1.82) is 0 Å². The van der Waals surface area contributed by atoms with E-state index in [-0.39, 0.29) is 0 Å². The van der Waals surface area contributed by atoms with Gasteiger partial charge in [0.1, 0.15) is 0 Å². The number of carbonyl (C=O) groups is 1. The number of alkyl halides is 2. The van der Waals surface area contributed by atoms with Crippen molar-refractivity contribution < 1.29 is 4.79 Å². The number of halogens is 4. The van der Waals surface area contributed by atoms with Crippen molar-refractivity contribution in [2.24, 2.45) is 0 Å². The summed E-state index contributed by atoms with van der Waals surface area (Å²) in [4.78, 5) is 12.4. The molecular formula is C16H14Cl4N2OS. The molecule has 2 rings (SSSR count). The van der Waals surface area contributed by atoms with Gasteiger partial charge in [-0.25, -0.2) is 0 Å². The second-order valence-electron chi connectivity index (χ2n) is 5.07. The molecule has 0 bridgehead atoms. The summed E-state index contributed by atoms with van der Waals surface area (Å²) in [6, 6.07) is 10.6. The molecule has 3 nitrogen and oxygen atoms in total. The van der Waals surface area contributed by atoms with E-state index in [9.17, 15) is 4.79 Å². The van der Waals surface area contributed by atoms with E-state index in [0.29, 0.717) is 21.4 Å². The first-order valence-electron chi connectivity index (χ1n) is 6.85. The topological polar surface area (TPSA) is 41.1 Å². The van der Waals surface area contributed by atoms with Gasteiger partial charge in [-0.05, 0) is 55.1 Å². The molecule has 0 spiro atoms. The molecule has 0 unspecified atom stereocenters. The predicted octanol–water partition coefficient (Wildman–Crippen LogP) is 6.44. The maximum absolute atomic E-state index is 12.4. The highest BCUT2D eigenvalue weighted by molar-refractivity contribution is 8.05. The molecule has 0 atom stereocenters. The largest absolute Gasteiger partial charge is 0.326 e. The molecule has 2 aromatic carbocycles. The van der Waals surface area contributed by atoms with Crippen molar-refractivity contribution in [2.45, 2.75) is 17.5 Å². The van der Waals surface area contributed by atoms with E-state index < -0.39 is 9.57 Å². The predicted molar refractivity (Wildman–Crippen MR) is 107 cm³/mol. The smallest absolute Gasteiger partial charge is 0.273 e. The Morgan fingerprint density at radius 3 is 2.29 bits per heavy atom. The van der Waals surface area contributed by atoms with Crippen LogP contribution in [0.3, 0.4) is 0 Å². The number of anilines is 2. The van der Waals surface area contributed by atoms with E-state index >= 15 is 0 Å². The maximum Gasteiger partial charge on any atom is 0.273 e. The molecule has 0 radical (unpaired) electrons. The molecule has 0 fully saturated rings. The SMILES string of the molecule is Cc1cccc(C)c1NC(=O)C(Cl)(Cl)SNc1ccc(Cl)cc1Cl. The van der Waals surface area contributed by atoms with Crippen LogP contribution in [0.25, 0.3) is 0 Å². The third kappa shape index (κ3) is 4.87. The molecule has 1 amide bonds. The number of para-hydroxylation sites is 1. The lowest BCUT2D eigenvalue weighted by Crippen LogP contribution is -2.31. The summed E-state index contributed by atoms with van der Waals surface area (Å²) >= 11 is 25.1. The van der Waals surface area contributed by atoms with Crippen molar-refractivity contribution in [3.05, 3.63) is 57.6 Å². The number of amides is 1. The second kappa shape index (κ2) is 8.07. The van der Waals surface area contributed by atoms with Crippen LogP contribution in [0.2, 0.25) is 10.0 Å². The summed E-state index contributed by atoms with van der Waals surface area (Å²) in [5.41, 5.74) is 3.09. The Morgan fingerprint density at radius 2 is 1.71 bits per heavy atom. The number of aryl methyl sites for hydroxylation is 2. The highest BCUT2D eigenvalue weighted by Crippen LogP contribution is 2.38. The Kier molecular flexibility index (Phi) is 6.57. The fourth-order valence-corrected chi connectivity index (χ4v) is 3.33. The fourth-order valence-electron chi connectivity index (χ4n) is 1.94. The molecule has 0 saturated heterocycles. The van der Waals surface area contributed by atoms with Crippen LogP contribution in [0, 0.1) is 13.8 Å². The summed E-state index contributed by atoms with van der Waals surface area (Å²) in [6.45, 7) is 3.79. The lowest BCUT2D eigenvalue weighted by atomic mass is 10.1. The number of hydrogen-bond acceptors (Lipinski definition) is 3. The van der Waals surface area contributed by atoms with Crippen LogP contribution in [0.1, 0.15) is 11.1 Å². The molecule has 2 N–H and O–H groups in total. The van der Waals surface area contributed by atoms with Crippen molar-refractivity contribution in [3.8, 4) is 0 Å². The van der Waals surface area contributed by atoms with Gasteiger partial charge in [-0.1, -0.05) is 64.6 Å². The van der Waals surface area contributed by atoms with Crippen molar-refractivity contribution in [2.75, 3.05) is 10.0 Å². The van der Waals surface area contributed by atoms with Gasteiger partial charge in [0.15, 0.2) is 0 Å². The highest BCUT2D eigenvalue weighted by Gasteiger charge is 2.36. The highest BCUT2D eigenvalue weighted by atomic mass is 35.5. The number of benzene rings is 2. The number of rotatable bonds is 5. The normalized spacial score (nSPS) is 11.2. The molecule has 24 heavy (non-hydrogen) atoms. The lowest BCUT2D eigenvalue weighted by Gasteiger charge is -2.21. The fraction of sp³-hybridized carbons (Fsp3) is 0.188. The van der Waals surface area contributed by atoms with Crippen molar-refractivity contribution in [1.82, 2.24) is 0 Å². The zero-order valence-electron chi connectivity index (χ0n) is 12.8. The molecule has 128 valence electrons. The minimum atomic E-state index is -1.75. The molecule has 2 aromatic rings. The lowest BCUT2D eigenvalue weighted by molar-refractivity contribution is -0.115. The summed E-state index contributed by atoms with van der Waals surface area (Å²) in [7, 11) is 0. The van der Waals surface area contributed by atoms with Gasteiger partial charge in [-0.15, -0.1) is 0 Å². The van der Waals surface area contributed by atoms with Gasteiger partial charge >= 0.3 is 0 Å². The molecular weight excluding hydrogens is 410 g/mol. The zero-order chi connectivity index (χ0) is 17.9. The average molecular weight is 424 g/mol. The van der Waals surface area contributed by atoms with Gasteiger partial charge in [0.25, 0.3) is 9.57 Å². The van der Waals surface area contributed by atoms with Crippen LogP contribution in [-0.4, -0.2) is 9.57 Å². The maximum atomic E-state index is 12.4. The van der Waals surface area contributed by atoms with E-state index in [0.717, 1.165) is 23.1 Å². The molecule has 0 saturated carbocycles. The van der Waals surface area contributed by atoms with Crippen LogP contribution in [0.5, 0.6) is 0 Å². The van der Waals surface area contributed by atoms with Gasteiger partial charge in [-0.3, -0.25) is 4.79 Å². The Hall–Kier alpha value is -0.780. The summed E-state index contributed by atoms with van der Waals surface area (Å²) in [5, 5.41) is 3.66. The van der Waals surface area contributed by atoms with E-state index in [1.54, 1.807) is 18.2 Å².